The molecular formula is C14H19ClN2O3. The fraction of sp³-hybridized carbons (Fsp3) is 0.500. The molecule has 1 unspecified atom stereocenters. The Balaban J connectivity index is 2.33. The topological polar surface area (TPSA) is 50.8 Å². The predicted octanol–water partition coefficient (Wildman–Crippen LogP) is 2.07. The Morgan fingerprint density at radius 2 is 2.05 bits per heavy atom. The summed E-state index contributed by atoms with van der Waals surface area (Å²) < 4.78 is 10.5. The maximum absolute atomic E-state index is 12.4. The van der Waals surface area contributed by atoms with Gasteiger partial charge in [-0.05, 0) is 19.0 Å². The minimum Gasteiger partial charge on any atom is -0.495 e. The number of halogens is 1. The van der Waals surface area contributed by atoms with Gasteiger partial charge in [0.1, 0.15) is 11.5 Å². The average Bonchev–Trinajstić information content (AvgIpc) is 2.80. The SMILES string of the molecule is CCNC1CCN(c2cc(Cl)c(OC)cc2OC)C1=O. The summed E-state index contributed by atoms with van der Waals surface area (Å²) in [5, 5.41) is 3.64. The smallest absolute Gasteiger partial charge is 0.244 e. The molecule has 0 aliphatic carbocycles. The van der Waals surface area contributed by atoms with Crippen LogP contribution in [0.2, 0.25) is 5.02 Å². The number of carbonyl (C=O) groups is 1. The molecule has 1 fully saturated rings. The van der Waals surface area contributed by atoms with Gasteiger partial charge in [0.15, 0.2) is 0 Å². The largest absolute Gasteiger partial charge is 0.495 e. The second-order valence-electron chi connectivity index (χ2n) is 4.55. The summed E-state index contributed by atoms with van der Waals surface area (Å²) in [5.41, 5.74) is 0.684. The molecule has 2 rings (SSSR count). The Morgan fingerprint density at radius 3 is 2.65 bits per heavy atom. The molecule has 1 amide bonds. The summed E-state index contributed by atoms with van der Waals surface area (Å²) in [7, 11) is 3.11. The lowest BCUT2D eigenvalue weighted by atomic mass is 10.2. The first-order chi connectivity index (χ1) is 9.62. The van der Waals surface area contributed by atoms with E-state index in [-0.39, 0.29) is 11.9 Å². The molecule has 1 aliphatic heterocycles. The highest BCUT2D eigenvalue weighted by Gasteiger charge is 2.33. The van der Waals surface area contributed by atoms with Crippen LogP contribution in [0.3, 0.4) is 0 Å². The van der Waals surface area contributed by atoms with Crippen molar-refractivity contribution in [1.29, 1.82) is 0 Å². The second-order valence-corrected chi connectivity index (χ2v) is 4.95. The van der Waals surface area contributed by atoms with Crippen LogP contribution in [0.1, 0.15) is 13.3 Å². The summed E-state index contributed by atoms with van der Waals surface area (Å²) in [4.78, 5) is 14.1. The Hall–Kier alpha value is -1.46. The Labute approximate surface area is 123 Å². The molecule has 20 heavy (non-hydrogen) atoms. The van der Waals surface area contributed by atoms with E-state index in [0.717, 1.165) is 13.0 Å². The lowest BCUT2D eigenvalue weighted by Crippen LogP contribution is -2.38. The fourth-order valence-corrected chi connectivity index (χ4v) is 2.65. The zero-order chi connectivity index (χ0) is 14.7. The predicted molar refractivity (Wildman–Crippen MR) is 79.0 cm³/mol. The minimum absolute atomic E-state index is 0.0476. The molecular weight excluding hydrogens is 280 g/mol. The first-order valence-corrected chi connectivity index (χ1v) is 6.96. The molecule has 1 aromatic carbocycles. The number of hydrogen-bond donors (Lipinski definition) is 1. The van der Waals surface area contributed by atoms with E-state index >= 15 is 0 Å². The van der Waals surface area contributed by atoms with Crippen LogP contribution in [-0.4, -0.2) is 39.3 Å². The number of anilines is 1. The van der Waals surface area contributed by atoms with Crippen molar-refractivity contribution in [3.8, 4) is 11.5 Å². The van der Waals surface area contributed by atoms with Gasteiger partial charge in [-0.25, -0.2) is 0 Å². The Morgan fingerprint density at radius 1 is 1.35 bits per heavy atom. The monoisotopic (exact) mass is 298 g/mol. The van der Waals surface area contributed by atoms with Crippen LogP contribution in [-0.2, 0) is 4.79 Å². The van der Waals surface area contributed by atoms with Crippen molar-refractivity contribution in [3.63, 3.8) is 0 Å². The molecule has 1 N–H and O–H groups in total. The summed E-state index contributed by atoms with van der Waals surface area (Å²) >= 11 is 6.15. The van der Waals surface area contributed by atoms with Gasteiger partial charge in [0, 0.05) is 12.6 Å². The fourth-order valence-electron chi connectivity index (χ4n) is 2.41. The number of hydrogen-bond acceptors (Lipinski definition) is 4. The lowest BCUT2D eigenvalue weighted by Gasteiger charge is -2.21. The number of carbonyl (C=O) groups excluding carboxylic acids is 1. The van der Waals surface area contributed by atoms with Gasteiger partial charge in [-0.15, -0.1) is 0 Å². The van der Waals surface area contributed by atoms with Crippen molar-refractivity contribution in [2.75, 3.05) is 32.2 Å². The standard InChI is InChI=1S/C14H19ClN2O3/c1-4-16-10-5-6-17(14(10)18)11-7-9(15)12(19-2)8-13(11)20-3/h7-8,10,16H,4-6H2,1-3H3. The maximum atomic E-state index is 12.4. The third-order valence-electron chi connectivity index (χ3n) is 3.40. The molecule has 0 radical (unpaired) electrons. The normalized spacial score (nSPS) is 18.5. The van der Waals surface area contributed by atoms with Crippen LogP contribution in [0, 0.1) is 0 Å². The zero-order valence-electron chi connectivity index (χ0n) is 11.9. The van der Waals surface area contributed by atoms with Gasteiger partial charge in [-0.3, -0.25) is 4.79 Å². The van der Waals surface area contributed by atoms with E-state index < -0.39 is 0 Å². The highest BCUT2D eigenvalue weighted by molar-refractivity contribution is 6.32. The highest BCUT2D eigenvalue weighted by Crippen LogP contribution is 2.39. The molecule has 0 bridgehead atoms. The number of nitrogens with zero attached hydrogens (tertiary/aromatic N) is 1. The van der Waals surface area contributed by atoms with E-state index in [1.807, 2.05) is 6.92 Å². The van der Waals surface area contributed by atoms with Crippen LogP contribution in [0.4, 0.5) is 5.69 Å². The summed E-state index contributed by atoms with van der Waals surface area (Å²) in [6.07, 6.45) is 0.777. The van der Waals surface area contributed by atoms with Crippen molar-refractivity contribution >= 4 is 23.2 Å². The molecule has 5 nitrogen and oxygen atoms in total. The van der Waals surface area contributed by atoms with Gasteiger partial charge < -0.3 is 19.7 Å². The molecule has 1 aliphatic rings. The van der Waals surface area contributed by atoms with Gasteiger partial charge >= 0.3 is 0 Å². The number of likely N-dealkylation sites (N-methyl/N-ethyl adjacent to an activating group) is 1. The van der Waals surface area contributed by atoms with Crippen LogP contribution in [0.25, 0.3) is 0 Å². The number of amides is 1. The molecule has 6 heteroatoms. The number of methoxy groups -OCH3 is 2. The van der Waals surface area contributed by atoms with Crippen molar-refractivity contribution in [2.45, 2.75) is 19.4 Å². The average molecular weight is 299 g/mol. The molecule has 1 heterocycles. The van der Waals surface area contributed by atoms with Crippen molar-refractivity contribution in [2.24, 2.45) is 0 Å². The maximum Gasteiger partial charge on any atom is 0.244 e. The highest BCUT2D eigenvalue weighted by atomic mass is 35.5. The van der Waals surface area contributed by atoms with E-state index in [1.165, 1.54) is 0 Å². The number of rotatable bonds is 5. The zero-order valence-corrected chi connectivity index (χ0v) is 12.7. The lowest BCUT2D eigenvalue weighted by molar-refractivity contribution is -0.118. The molecule has 1 saturated heterocycles. The van der Waals surface area contributed by atoms with Crippen LogP contribution in [0.5, 0.6) is 11.5 Å². The van der Waals surface area contributed by atoms with Gasteiger partial charge in [-0.2, -0.15) is 0 Å². The van der Waals surface area contributed by atoms with Crippen molar-refractivity contribution in [3.05, 3.63) is 17.2 Å². The summed E-state index contributed by atoms with van der Waals surface area (Å²) in [6, 6.07) is 3.28. The molecule has 1 atom stereocenters. The van der Waals surface area contributed by atoms with Gasteiger partial charge in [0.25, 0.3) is 0 Å². The number of ether oxygens (including phenoxy) is 2. The van der Waals surface area contributed by atoms with E-state index in [1.54, 1.807) is 31.3 Å². The van der Waals surface area contributed by atoms with Crippen molar-refractivity contribution in [1.82, 2.24) is 5.32 Å². The first-order valence-electron chi connectivity index (χ1n) is 6.58. The Kier molecular flexibility index (Phi) is 4.73. The third kappa shape index (κ3) is 2.69. The van der Waals surface area contributed by atoms with Gasteiger partial charge in [0.05, 0.1) is 31.0 Å². The molecule has 110 valence electrons. The Bertz CT molecular complexity index is 507. The van der Waals surface area contributed by atoms with Gasteiger partial charge in [0.2, 0.25) is 5.91 Å². The second kappa shape index (κ2) is 6.33. The van der Waals surface area contributed by atoms with Crippen molar-refractivity contribution < 1.29 is 14.3 Å². The molecule has 1 aromatic rings. The molecule has 0 aromatic heterocycles. The van der Waals surface area contributed by atoms with Gasteiger partial charge in [-0.1, -0.05) is 18.5 Å². The van der Waals surface area contributed by atoms with Crippen LogP contribution < -0.4 is 19.7 Å². The van der Waals surface area contributed by atoms with Crippen LogP contribution >= 0.6 is 11.6 Å². The quantitative estimate of drug-likeness (QED) is 0.904. The summed E-state index contributed by atoms with van der Waals surface area (Å²) in [5.74, 6) is 1.16. The van der Waals surface area contributed by atoms with E-state index in [4.69, 9.17) is 21.1 Å². The van der Waals surface area contributed by atoms with Crippen LogP contribution in [0.15, 0.2) is 12.1 Å². The summed E-state index contributed by atoms with van der Waals surface area (Å²) in [6.45, 7) is 3.40. The first kappa shape index (κ1) is 14.9. The van der Waals surface area contributed by atoms with E-state index in [9.17, 15) is 4.79 Å². The number of nitrogens with one attached hydrogen (secondary N) is 1. The third-order valence-corrected chi connectivity index (χ3v) is 3.70. The van der Waals surface area contributed by atoms with E-state index in [0.29, 0.717) is 28.8 Å². The van der Waals surface area contributed by atoms with E-state index in [2.05, 4.69) is 5.32 Å². The molecule has 0 saturated carbocycles. The minimum atomic E-state index is -0.134. The number of benzene rings is 1. The molecule has 0 spiro atoms.